The smallest absolute Gasteiger partial charge is 0.139 e. The number of thioether (sulfide) groups is 1. The van der Waals surface area contributed by atoms with E-state index in [0.717, 1.165) is 27.9 Å². The molecule has 0 radical (unpaired) electrons. The average molecular weight is 264 g/mol. The molecule has 18 heavy (non-hydrogen) atoms. The number of rotatable bonds is 4. The molecule has 1 N–H and O–H groups in total. The highest BCUT2D eigenvalue weighted by Gasteiger charge is 2.16. The molecule has 2 heterocycles. The van der Waals surface area contributed by atoms with Gasteiger partial charge in [-0.1, -0.05) is 5.16 Å². The van der Waals surface area contributed by atoms with E-state index >= 15 is 0 Å². The third kappa shape index (κ3) is 2.64. The summed E-state index contributed by atoms with van der Waals surface area (Å²) in [6.07, 6.45) is 3.55. The fourth-order valence-corrected chi connectivity index (χ4v) is 2.31. The summed E-state index contributed by atoms with van der Waals surface area (Å²) in [5.41, 5.74) is 1.99. The van der Waals surface area contributed by atoms with Crippen molar-refractivity contribution in [1.29, 1.82) is 0 Å². The summed E-state index contributed by atoms with van der Waals surface area (Å²) in [5, 5.41) is 8.24. The van der Waals surface area contributed by atoms with E-state index in [0.29, 0.717) is 0 Å². The van der Waals surface area contributed by atoms with Crippen molar-refractivity contribution in [2.45, 2.75) is 31.8 Å². The van der Waals surface area contributed by atoms with Gasteiger partial charge in [0.15, 0.2) is 0 Å². The Balaban J connectivity index is 2.18. The molecule has 2 rings (SSSR count). The van der Waals surface area contributed by atoms with Crippen LogP contribution in [0.2, 0.25) is 0 Å². The number of hydrogen-bond acceptors (Lipinski definition) is 6. The van der Waals surface area contributed by atoms with Gasteiger partial charge < -0.3 is 9.84 Å². The second-order valence-corrected chi connectivity index (χ2v) is 4.88. The molecule has 2 aromatic heterocycles. The Labute approximate surface area is 110 Å². The van der Waals surface area contributed by atoms with Crippen molar-refractivity contribution in [3.8, 4) is 0 Å². The molecule has 6 heteroatoms. The fourth-order valence-electron chi connectivity index (χ4n) is 1.93. The largest absolute Gasteiger partial charge is 0.363 e. The number of aryl methyl sites for hydroxylation is 2. The highest BCUT2D eigenvalue weighted by molar-refractivity contribution is 7.98. The quantitative estimate of drug-likeness (QED) is 0.676. The Morgan fingerprint density at radius 1 is 1.33 bits per heavy atom. The van der Waals surface area contributed by atoms with Crippen LogP contribution < -0.4 is 5.32 Å². The number of anilines is 1. The highest BCUT2D eigenvalue weighted by atomic mass is 32.2. The SMILES string of the molecule is CSc1cc(NC(C)c2c(C)noc2C)ncn1. The molecule has 96 valence electrons. The third-order valence-corrected chi connectivity index (χ3v) is 3.38. The van der Waals surface area contributed by atoms with Crippen LogP contribution in [0.4, 0.5) is 5.82 Å². The fraction of sp³-hybridized carbons (Fsp3) is 0.417. The molecule has 1 atom stereocenters. The molecule has 0 aliphatic carbocycles. The first-order chi connectivity index (χ1) is 8.61. The summed E-state index contributed by atoms with van der Waals surface area (Å²) in [5.74, 6) is 1.65. The van der Waals surface area contributed by atoms with E-state index < -0.39 is 0 Å². The number of hydrogen-bond donors (Lipinski definition) is 1. The van der Waals surface area contributed by atoms with E-state index in [1.54, 1.807) is 18.1 Å². The average Bonchev–Trinajstić information content (AvgIpc) is 2.69. The number of nitrogens with one attached hydrogen (secondary N) is 1. The maximum atomic E-state index is 5.17. The van der Waals surface area contributed by atoms with Gasteiger partial charge in [-0.2, -0.15) is 0 Å². The zero-order valence-corrected chi connectivity index (χ0v) is 11.7. The van der Waals surface area contributed by atoms with Crippen molar-refractivity contribution < 1.29 is 4.52 Å². The van der Waals surface area contributed by atoms with Gasteiger partial charge in [-0.3, -0.25) is 0 Å². The topological polar surface area (TPSA) is 63.8 Å². The van der Waals surface area contributed by atoms with Gasteiger partial charge in [0.2, 0.25) is 0 Å². The Bertz CT molecular complexity index is 521. The molecule has 1 unspecified atom stereocenters. The maximum absolute atomic E-state index is 5.17. The number of nitrogens with zero attached hydrogens (tertiary/aromatic N) is 3. The van der Waals surface area contributed by atoms with Gasteiger partial charge in [-0.15, -0.1) is 11.8 Å². The summed E-state index contributed by atoms with van der Waals surface area (Å²) < 4.78 is 5.17. The van der Waals surface area contributed by atoms with E-state index in [-0.39, 0.29) is 6.04 Å². The van der Waals surface area contributed by atoms with E-state index in [1.807, 2.05) is 26.2 Å². The summed E-state index contributed by atoms with van der Waals surface area (Å²) in [7, 11) is 0. The predicted octanol–water partition coefficient (Wildman–Crippen LogP) is 2.98. The van der Waals surface area contributed by atoms with Crippen molar-refractivity contribution >= 4 is 17.6 Å². The Hall–Kier alpha value is -1.56. The first-order valence-corrected chi connectivity index (χ1v) is 6.89. The van der Waals surface area contributed by atoms with Crippen molar-refractivity contribution in [3.63, 3.8) is 0 Å². The first-order valence-electron chi connectivity index (χ1n) is 5.67. The zero-order valence-electron chi connectivity index (χ0n) is 10.9. The Kier molecular flexibility index (Phi) is 3.86. The zero-order chi connectivity index (χ0) is 13.1. The van der Waals surface area contributed by atoms with E-state index in [9.17, 15) is 0 Å². The minimum Gasteiger partial charge on any atom is -0.363 e. The van der Waals surface area contributed by atoms with E-state index in [4.69, 9.17) is 4.52 Å². The van der Waals surface area contributed by atoms with Crippen LogP contribution in [-0.4, -0.2) is 21.4 Å². The molecule has 0 aromatic carbocycles. The molecule has 5 nitrogen and oxygen atoms in total. The minimum absolute atomic E-state index is 0.0980. The van der Waals surface area contributed by atoms with Gasteiger partial charge in [0.25, 0.3) is 0 Å². The minimum atomic E-state index is 0.0980. The second-order valence-electron chi connectivity index (χ2n) is 4.05. The molecule has 0 aliphatic heterocycles. The lowest BCUT2D eigenvalue weighted by molar-refractivity contribution is 0.392. The predicted molar refractivity (Wildman–Crippen MR) is 71.8 cm³/mol. The molecule has 0 saturated carbocycles. The molecule has 0 saturated heterocycles. The molecule has 0 amide bonds. The van der Waals surface area contributed by atoms with Crippen molar-refractivity contribution in [2.75, 3.05) is 11.6 Å². The van der Waals surface area contributed by atoms with Crippen LogP contribution in [0.25, 0.3) is 0 Å². The Morgan fingerprint density at radius 2 is 2.11 bits per heavy atom. The summed E-state index contributed by atoms with van der Waals surface area (Å²) in [6, 6.07) is 2.03. The second kappa shape index (κ2) is 5.39. The van der Waals surface area contributed by atoms with Crippen molar-refractivity contribution in [2.24, 2.45) is 0 Å². The lowest BCUT2D eigenvalue weighted by Gasteiger charge is -2.14. The molecule has 0 aliphatic rings. The molecule has 0 spiro atoms. The highest BCUT2D eigenvalue weighted by Crippen LogP contribution is 2.24. The van der Waals surface area contributed by atoms with Crippen LogP contribution in [0.15, 0.2) is 21.9 Å². The summed E-state index contributed by atoms with van der Waals surface area (Å²) >= 11 is 1.59. The van der Waals surface area contributed by atoms with Crippen LogP contribution >= 0.6 is 11.8 Å². The molecular formula is C12H16N4OS. The van der Waals surface area contributed by atoms with E-state index in [2.05, 4.69) is 27.4 Å². The monoisotopic (exact) mass is 264 g/mol. The third-order valence-electron chi connectivity index (χ3n) is 2.74. The van der Waals surface area contributed by atoms with Gasteiger partial charge in [0.1, 0.15) is 22.9 Å². The summed E-state index contributed by atoms with van der Waals surface area (Å²) in [4.78, 5) is 8.35. The lowest BCUT2D eigenvalue weighted by Crippen LogP contribution is -2.09. The number of aromatic nitrogens is 3. The molecular weight excluding hydrogens is 248 g/mol. The van der Waals surface area contributed by atoms with Crippen molar-refractivity contribution in [1.82, 2.24) is 15.1 Å². The van der Waals surface area contributed by atoms with Crippen LogP contribution in [0.3, 0.4) is 0 Å². The van der Waals surface area contributed by atoms with Gasteiger partial charge in [-0.05, 0) is 27.0 Å². The molecule has 2 aromatic rings. The van der Waals surface area contributed by atoms with Crippen LogP contribution in [0.5, 0.6) is 0 Å². The maximum Gasteiger partial charge on any atom is 0.139 e. The van der Waals surface area contributed by atoms with Gasteiger partial charge >= 0.3 is 0 Å². The Morgan fingerprint density at radius 3 is 2.72 bits per heavy atom. The first kappa shape index (κ1) is 12.9. The van der Waals surface area contributed by atoms with Gasteiger partial charge in [0, 0.05) is 11.6 Å². The van der Waals surface area contributed by atoms with Crippen LogP contribution in [-0.2, 0) is 0 Å². The lowest BCUT2D eigenvalue weighted by atomic mass is 10.1. The van der Waals surface area contributed by atoms with Crippen LogP contribution in [0.1, 0.15) is 30.0 Å². The standard InChI is InChI=1S/C12H16N4OS/c1-7(12-8(2)16-17-9(12)3)15-10-5-11(18-4)14-6-13-10/h5-7H,1-4H3,(H,13,14,15). The molecule has 0 fully saturated rings. The van der Waals surface area contributed by atoms with E-state index in [1.165, 1.54) is 0 Å². The van der Waals surface area contributed by atoms with Crippen molar-refractivity contribution in [3.05, 3.63) is 29.4 Å². The normalized spacial score (nSPS) is 12.4. The summed E-state index contributed by atoms with van der Waals surface area (Å²) in [6.45, 7) is 5.92. The van der Waals surface area contributed by atoms with Gasteiger partial charge in [0.05, 0.1) is 11.7 Å². The molecule has 0 bridgehead atoms. The van der Waals surface area contributed by atoms with Gasteiger partial charge in [-0.25, -0.2) is 9.97 Å². The van der Waals surface area contributed by atoms with Crippen LogP contribution in [0, 0.1) is 13.8 Å².